The van der Waals surface area contributed by atoms with E-state index in [2.05, 4.69) is 29.4 Å². The SMILES string of the molecule is CCCCCCOc1ccc(-c2ccc(C(=O)NCCc3ccccn3)cc2)cc1. The van der Waals surface area contributed by atoms with Crippen molar-refractivity contribution in [3.8, 4) is 16.9 Å². The summed E-state index contributed by atoms with van der Waals surface area (Å²) in [6.45, 7) is 3.54. The molecule has 0 fully saturated rings. The fraction of sp³-hybridized carbons (Fsp3) is 0.308. The zero-order chi connectivity index (χ0) is 21.0. The number of carbonyl (C=O) groups is 1. The molecule has 0 radical (unpaired) electrons. The van der Waals surface area contributed by atoms with Crippen LogP contribution in [0.2, 0.25) is 0 Å². The lowest BCUT2D eigenvalue weighted by molar-refractivity contribution is 0.0954. The molecule has 3 aromatic rings. The van der Waals surface area contributed by atoms with Gasteiger partial charge in [-0.05, 0) is 53.9 Å². The Morgan fingerprint density at radius 1 is 0.900 bits per heavy atom. The van der Waals surface area contributed by atoms with Crippen LogP contribution in [0.5, 0.6) is 5.75 Å². The van der Waals surface area contributed by atoms with Crippen LogP contribution >= 0.6 is 0 Å². The maximum absolute atomic E-state index is 12.3. The molecular formula is C26H30N2O2. The smallest absolute Gasteiger partial charge is 0.251 e. The summed E-state index contributed by atoms with van der Waals surface area (Å²) in [5.41, 5.74) is 3.82. The van der Waals surface area contributed by atoms with Gasteiger partial charge < -0.3 is 10.1 Å². The number of aromatic nitrogens is 1. The van der Waals surface area contributed by atoms with Gasteiger partial charge in [-0.15, -0.1) is 0 Å². The van der Waals surface area contributed by atoms with Gasteiger partial charge in [-0.3, -0.25) is 9.78 Å². The number of unbranched alkanes of at least 4 members (excludes halogenated alkanes) is 3. The van der Waals surface area contributed by atoms with Crippen LogP contribution in [0, 0.1) is 0 Å². The zero-order valence-corrected chi connectivity index (χ0v) is 17.6. The molecule has 1 N–H and O–H groups in total. The molecule has 0 aliphatic heterocycles. The summed E-state index contributed by atoms with van der Waals surface area (Å²) >= 11 is 0. The first-order valence-corrected chi connectivity index (χ1v) is 10.8. The monoisotopic (exact) mass is 402 g/mol. The van der Waals surface area contributed by atoms with Crippen molar-refractivity contribution in [3.05, 3.63) is 84.2 Å². The van der Waals surface area contributed by atoms with Gasteiger partial charge in [0.05, 0.1) is 6.61 Å². The highest BCUT2D eigenvalue weighted by atomic mass is 16.5. The van der Waals surface area contributed by atoms with E-state index in [0.717, 1.165) is 42.0 Å². The van der Waals surface area contributed by atoms with E-state index in [9.17, 15) is 4.79 Å². The molecule has 30 heavy (non-hydrogen) atoms. The molecule has 4 nitrogen and oxygen atoms in total. The van der Waals surface area contributed by atoms with Gasteiger partial charge in [0.2, 0.25) is 0 Å². The van der Waals surface area contributed by atoms with E-state index in [1.165, 1.54) is 19.3 Å². The van der Waals surface area contributed by atoms with Crippen LogP contribution in [0.1, 0.15) is 48.7 Å². The van der Waals surface area contributed by atoms with Crippen LogP contribution < -0.4 is 10.1 Å². The zero-order valence-electron chi connectivity index (χ0n) is 17.6. The minimum atomic E-state index is -0.0655. The molecule has 1 heterocycles. The molecule has 0 saturated carbocycles. The first-order valence-electron chi connectivity index (χ1n) is 10.8. The summed E-state index contributed by atoms with van der Waals surface area (Å²) in [6.07, 6.45) is 7.30. The van der Waals surface area contributed by atoms with E-state index in [-0.39, 0.29) is 5.91 Å². The number of amides is 1. The highest BCUT2D eigenvalue weighted by molar-refractivity contribution is 5.94. The van der Waals surface area contributed by atoms with Crippen LogP contribution in [-0.4, -0.2) is 24.0 Å². The second-order valence-corrected chi connectivity index (χ2v) is 7.34. The molecule has 1 amide bonds. The van der Waals surface area contributed by atoms with E-state index in [0.29, 0.717) is 12.1 Å². The molecule has 156 valence electrons. The third-order valence-electron chi connectivity index (χ3n) is 4.99. The molecule has 0 spiro atoms. The van der Waals surface area contributed by atoms with Gasteiger partial charge in [-0.2, -0.15) is 0 Å². The molecule has 0 unspecified atom stereocenters. The van der Waals surface area contributed by atoms with Crippen molar-refractivity contribution < 1.29 is 9.53 Å². The van der Waals surface area contributed by atoms with E-state index in [1.54, 1.807) is 6.20 Å². The number of benzene rings is 2. The first kappa shape index (κ1) is 21.6. The van der Waals surface area contributed by atoms with Gasteiger partial charge in [-0.25, -0.2) is 0 Å². The molecule has 0 saturated heterocycles. The normalized spacial score (nSPS) is 10.6. The van der Waals surface area contributed by atoms with Crippen LogP contribution in [0.25, 0.3) is 11.1 Å². The summed E-state index contributed by atoms with van der Waals surface area (Å²) in [7, 11) is 0. The molecular weight excluding hydrogens is 372 g/mol. The van der Waals surface area contributed by atoms with Gasteiger partial charge in [0.1, 0.15) is 5.75 Å². The summed E-state index contributed by atoms with van der Waals surface area (Å²) < 4.78 is 5.81. The fourth-order valence-corrected chi connectivity index (χ4v) is 3.23. The molecule has 4 heteroatoms. The average molecular weight is 403 g/mol. The number of ether oxygens (including phenoxy) is 1. The Balaban J connectivity index is 1.48. The Bertz CT molecular complexity index is 891. The third kappa shape index (κ3) is 6.73. The fourth-order valence-electron chi connectivity index (χ4n) is 3.23. The Labute approximate surface area is 179 Å². The lowest BCUT2D eigenvalue weighted by atomic mass is 10.0. The number of carbonyl (C=O) groups excluding carboxylic acids is 1. The minimum Gasteiger partial charge on any atom is -0.494 e. The van der Waals surface area contributed by atoms with Gasteiger partial charge in [0.15, 0.2) is 0 Å². The average Bonchev–Trinajstić information content (AvgIpc) is 2.80. The molecule has 1 aromatic heterocycles. The highest BCUT2D eigenvalue weighted by Gasteiger charge is 2.06. The molecule has 0 bridgehead atoms. The van der Waals surface area contributed by atoms with Gasteiger partial charge in [0, 0.05) is 30.4 Å². The van der Waals surface area contributed by atoms with Gasteiger partial charge in [-0.1, -0.05) is 56.5 Å². The first-order chi connectivity index (χ1) is 14.8. The Kier molecular flexibility index (Phi) is 8.46. The van der Waals surface area contributed by atoms with E-state index < -0.39 is 0 Å². The van der Waals surface area contributed by atoms with Crippen molar-refractivity contribution in [2.45, 2.75) is 39.0 Å². The predicted molar refractivity (Wildman–Crippen MR) is 122 cm³/mol. The molecule has 2 aromatic carbocycles. The quantitative estimate of drug-likeness (QED) is 0.420. The number of nitrogens with one attached hydrogen (secondary N) is 1. The van der Waals surface area contributed by atoms with Crippen LogP contribution in [-0.2, 0) is 6.42 Å². The maximum Gasteiger partial charge on any atom is 0.251 e. The van der Waals surface area contributed by atoms with Crippen molar-refractivity contribution in [3.63, 3.8) is 0 Å². The van der Waals surface area contributed by atoms with E-state index in [1.807, 2.05) is 54.6 Å². The molecule has 0 aliphatic rings. The van der Waals surface area contributed by atoms with Crippen LogP contribution in [0.4, 0.5) is 0 Å². The largest absolute Gasteiger partial charge is 0.494 e. The summed E-state index contributed by atoms with van der Waals surface area (Å²) in [5.74, 6) is 0.837. The lowest BCUT2D eigenvalue weighted by Gasteiger charge is -2.08. The topological polar surface area (TPSA) is 51.2 Å². The number of nitrogens with zero attached hydrogens (tertiary/aromatic N) is 1. The second-order valence-electron chi connectivity index (χ2n) is 7.34. The number of pyridine rings is 1. The Hall–Kier alpha value is -3.14. The summed E-state index contributed by atoms with van der Waals surface area (Å²) in [6, 6.07) is 21.6. The second kappa shape index (κ2) is 11.8. The molecule has 0 atom stereocenters. The van der Waals surface area contributed by atoms with Crippen LogP contribution in [0.3, 0.4) is 0 Å². The predicted octanol–water partition coefficient (Wildman–Crippen LogP) is 5.68. The van der Waals surface area contributed by atoms with Crippen molar-refractivity contribution in [2.75, 3.05) is 13.2 Å². The van der Waals surface area contributed by atoms with E-state index in [4.69, 9.17) is 4.74 Å². The number of rotatable bonds is 11. The van der Waals surface area contributed by atoms with Crippen LogP contribution in [0.15, 0.2) is 72.9 Å². The van der Waals surface area contributed by atoms with Crippen molar-refractivity contribution >= 4 is 5.91 Å². The maximum atomic E-state index is 12.3. The minimum absolute atomic E-state index is 0.0655. The Morgan fingerprint density at radius 2 is 1.63 bits per heavy atom. The Morgan fingerprint density at radius 3 is 2.30 bits per heavy atom. The van der Waals surface area contributed by atoms with Gasteiger partial charge >= 0.3 is 0 Å². The number of hydrogen-bond donors (Lipinski definition) is 1. The van der Waals surface area contributed by atoms with Crippen molar-refractivity contribution in [2.24, 2.45) is 0 Å². The summed E-state index contributed by atoms with van der Waals surface area (Å²) in [5, 5.41) is 2.95. The van der Waals surface area contributed by atoms with Crippen molar-refractivity contribution in [1.29, 1.82) is 0 Å². The van der Waals surface area contributed by atoms with Crippen molar-refractivity contribution in [1.82, 2.24) is 10.3 Å². The summed E-state index contributed by atoms with van der Waals surface area (Å²) in [4.78, 5) is 16.6. The molecule has 0 aliphatic carbocycles. The molecule has 3 rings (SSSR count). The number of hydrogen-bond acceptors (Lipinski definition) is 3. The standard InChI is InChI=1S/C26H30N2O2/c1-2-3-4-7-20-30-25-15-13-22(14-16-25)21-9-11-23(12-10-21)26(29)28-19-17-24-8-5-6-18-27-24/h5-6,8-16,18H,2-4,7,17,19-20H2,1H3,(H,28,29). The third-order valence-corrected chi connectivity index (χ3v) is 4.99. The lowest BCUT2D eigenvalue weighted by Crippen LogP contribution is -2.25. The van der Waals surface area contributed by atoms with Gasteiger partial charge in [0.25, 0.3) is 5.91 Å². The van der Waals surface area contributed by atoms with E-state index >= 15 is 0 Å². The highest BCUT2D eigenvalue weighted by Crippen LogP contribution is 2.23.